The molecule has 2 N–H and O–H groups in total. The van der Waals surface area contributed by atoms with E-state index in [1.54, 1.807) is 18.4 Å². The van der Waals surface area contributed by atoms with Gasteiger partial charge in [0.15, 0.2) is 0 Å². The normalized spacial score (nSPS) is 12.1. The Hall–Kier alpha value is -1.44. The molecule has 2 rings (SSSR count). The van der Waals surface area contributed by atoms with Crippen LogP contribution in [0.5, 0.6) is 0 Å². The fourth-order valence-electron chi connectivity index (χ4n) is 1.63. The van der Waals surface area contributed by atoms with Crippen LogP contribution in [-0.2, 0) is 4.79 Å². The Morgan fingerprint density at radius 1 is 1.48 bits per heavy atom. The number of carboxylic acid groups (broad SMARTS) is 1. The first kappa shape index (κ1) is 15.9. The molecule has 112 valence electrons. The molecule has 1 atom stereocenters. The molecule has 0 fully saturated rings. The number of amides is 1. The first-order chi connectivity index (χ1) is 9.95. The highest BCUT2D eigenvalue weighted by molar-refractivity contribution is 7.23. The highest BCUT2D eigenvalue weighted by Crippen LogP contribution is 2.32. The number of aliphatic carboxylic acids is 1. The summed E-state index contributed by atoms with van der Waals surface area (Å²) in [5.74, 6) is -1.17. The number of hydrogen-bond acceptors (Lipinski definition) is 5. The van der Waals surface area contributed by atoms with Gasteiger partial charge in [0, 0.05) is 17.8 Å². The summed E-state index contributed by atoms with van der Waals surface area (Å²) in [5.41, 5.74) is 0.335. The third-order valence-electron chi connectivity index (χ3n) is 2.69. The van der Waals surface area contributed by atoms with Gasteiger partial charge in [-0.3, -0.25) is 9.59 Å². The van der Waals surface area contributed by atoms with Crippen LogP contribution in [0.3, 0.4) is 0 Å². The van der Waals surface area contributed by atoms with E-state index in [2.05, 4.69) is 10.3 Å². The van der Waals surface area contributed by atoms with Gasteiger partial charge < -0.3 is 10.4 Å². The molecular formula is C13H13ClN2O3S2. The average molecular weight is 345 g/mol. The maximum Gasteiger partial charge on any atom is 0.303 e. The molecule has 1 unspecified atom stereocenters. The fourth-order valence-corrected chi connectivity index (χ4v) is 3.55. The van der Waals surface area contributed by atoms with E-state index in [0.29, 0.717) is 16.5 Å². The number of carbonyl (C=O) groups excluding carboxylic acids is 1. The van der Waals surface area contributed by atoms with Crippen molar-refractivity contribution in [3.63, 3.8) is 0 Å². The van der Waals surface area contributed by atoms with E-state index in [9.17, 15) is 9.59 Å². The van der Waals surface area contributed by atoms with E-state index in [1.807, 2.05) is 6.07 Å². The fraction of sp³-hybridized carbons (Fsp3) is 0.308. The molecule has 1 amide bonds. The van der Waals surface area contributed by atoms with Gasteiger partial charge in [-0.25, -0.2) is 4.98 Å². The van der Waals surface area contributed by atoms with Crippen LogP contribution in [0.1, 0.15) is 30.3 Å². The summed E-state index contributed by atoms with van der Waals surface area (Å²) in [6.07, 6.45) is 0.413. The Morgan fingerprint density at radius 3 is 2.86 bits per heavy atom. The molecule has 0 aliphatic rings. The van der Waals surface area contributed by atoms with E-state index in [1.165, 1.54) is 22.7 Å². The number of aromatic nitrogens is 1. The van der Waals surface area contributed by atoms with Gasteiger partial charge in [-0.1, -0.05) is 11.6 Å². The number of nitrogens with zero attached hydrogens (tertiary/aromatic N) is 1. The lowest BCUT2D eigenvalue weighted by atomic mass is 10.2. The van der Waals surface area contributed by atoms with Gasteiger partial charge in [-0.2, -0.15) is 0 Å². The SMILES string of the molecule is CC(CCC(=O)O)NC(=O)c1csc(-c2ccc(Cl)s2)n1. The highest BCUT2D eigenvalue weighted by atomic mass is 35.5. The lowest BCUT2D eigenvalue weighted by Crippen LogP contribution is -2.33. The minimum absolute atomic E-state index is 0.0253. The molecule has 2 heterocycles. The van der Waals surface area contributed by atoms with Crippen molar-refractivity contribution < 1.29 is 14.7 Å². The number of rotatable bonds is 6. The van der Waals surface area contributed by atoms with Crippen molar-refractivity contribution >= 4 is 46.2 Å². The minimum Gasteiger partial charge on any atom is -0.481 e. The highest BCUT2D eigenvalue weighted by Gasteiger charge is 2.15. The predicted octanol–water partition coefficient (Wildman–Crippen LogP) is 3.51. The van der Waals surface area contributed by atoms with Crippen LogP contribution in [0.4, 0.5) is 0 Å². The van der Waals surface area contributed by atoms with E-state index < -0.39 is 5.97 Å². The van der Waals surface area contributed by atoms with Crippen LogP contribution in [0.25, 0.3) is 9.88 Å². The molecule has 0 aliphatic carbocycles. The molecule has 21 heavy (non-hydrogen) atoms. The average Bonchev–Trinajstić information content (AvgIpc) is 3.04. The largest absolute Gasteiger partial charge is 0.481 e. The Morgan fingerprint density at radius 2 is 2.24 bits per heavy atom. The molecule has 0 saturated heterocycles. The topological polar surface area (TPSA) is 79.3 Å². The summed E-state index contributed by atoms with van der Waals surface area (Å²) in [5, 5.41) is 13.8. The Balaban J connectivity index is 1.97. The number of carboxylic acids is 1. The Kier molecular flexibility index (Phi) is 5.33. The van der Waals surface area contributed by atoms with Crippen molar-refractivity contribution in [2.75, 3.05) is 0 Å². The summed E-state index contributed by atoms with van der Waals surface area (Å²) in [6.45, 7) is 1.77. The van der Waals surface area contributed by atoms with E-state index in [4.69, 9.17) is 16.7 Å². The van der Waals surface area contributed by atoms with Crippen LogP contribution >= 0.6 is 34.3 Å². The number of hydrogen-bond donors (Lipinski definition) is 2. The van der Waals surface area contributed by atoms with Crippen molar-refractivity contribution in [3.05, 3.63) is 27.5 Å². The smallest absolute Gasteiger partial charge is 0.303 e. The van der Waals surface area contributed by atoms with Crippen LogP contribution in [0.15, 0.2) is 17.5 Å². The molecule has 0 bridgehead atoms. The zero-order chi connectivity index (χ0) is 15.4. The van der Waals surface area contributed by atoms with Crippen molar-refractivity contribution in [1.29, 1.82) is 0 Å². The summed E-state index contributed by atoms with van der Waals surface area (Å²) in [7, 11) is 0. The molecule has 0 spiro atoms. The monoisotopic (exact) mass is 344 g/mol. The summed E-state index contributed by atoms with van der Waals surface area (Å²) in [6, 6.07) is 3.44. The standard InChI is InChI=1S/C13H13ClN2O3S2/c1-7(2-5-11(17)18)15-12(19)8-6-20-13(16-8)9-3-4-10(14)21-9/h3-4,6-7H,2,5H2,1H3,(H,15,19)(H,17,18). The molecule has 0 aromatic carbocycles. The second-order valence-electron chi connectivity index (χ2n) is 4.45. The van der Waals surface area contributed by atoms with Crippen molar-refractivity contribution in [2.24, 2.45) is 0 Å². The first-order valence-electron chi connectivity index (χ1n) is 6.19. The van der Waals surface area contributed by atoms with Crippen LogP contribution < -0.4 is 5.32 Å². The Labute approximate surface area is 134 Å². The number of carbonyl (C=O) groups is 2. The van der Waals surface area contributed by atoms with Gasteiger partial charge in [0.1, 0.15) is 10.7 Å². The molecule has 5 nitrogen and oxygen atoms in total. The third-order valence-corrected chi connectivity index (χ3v) is 4.93. The summed E-state index contributed by atoms with van der Waals surface area (Å²) in [4.78, 5) is 27.7. The molecule has 0 saturated carbocycles. The second-order valence-corrected chi connectivity index (χ2v) is 7.02. The van der Waals surface area contributed by atoms with Crippen molar-refractivity contribution in [1.82, 2.24) is 10.3 Å². The van der Waals surface area contributed by atoms with Gasteiger partial charge >= 0.3 is 5.97 Å². The summed E-state index contributed by atoms with van der Waals surface area (Å²) < 4.78 is 0.675. The molecule has 0 aliphatic heterocycles. The molecule has 2 aromatic rings. The maximum atomic E-state index is 12.0. The zero-order valence-corrected chi connectivity index (χ0v) is 13.5. The lowest BCUT2D eigenvalue weighted by molar-refractivity contribution is -0.137. The van der Waals surface area contributed by atoms with Gasteiger partial charge in [0.05, 0.1) is 9.21 Å². The summed E-state index contributed by atoms with van der Waals surface area (Å²) >= 11 is 8.66. The lowest BCUT2D eigenvalue weighted by Gasteiger charge is -2.11. The zero-order valence-electron chi connectivity index (χ0n) is 11.1. The molecule has 8 heteroatoms. The molecule has 0 radical (unpaired) electrons. The van der Waals surface area contributed by atoms with Gasteiger partial charge in [-0.05, 0) is 25.5 Å². The van der Waals surface area contributed by atoms with Crippen molar-refractivity contribution in [2.45, 2.75) is 25.8 Å². The maximum absolute atomic E-state index is 12.0. The third kappa shape index (κ3) is 4.52. The van der Waals surface area contributed by atoms with Gasteiger partial charge in [-0.15, -0.1) is 22.7 Å². The number of nitrogens with one attached hydrogen (secondary N) is 1. The quantitative estimate of drug-likeness (QED) is 0.840. The number of thiazole rings is 1. The molecule has 2 aromatic heterocycles. The van der Waals surface area contributed by atoms with E-state index in [-0.39, 0.29) is 18.4 Å². The van der Waals surface area contributed by atoms with Crippen LogP contribution in [0.2, 0.25) is 4.34 Å². The van der Waals surface area contributed by atoms with Crippen LogP contribution in [0, 0.1) is 0 Å². The minimum atomic E-state index is -0.874. The van der Waals surface area contributed by atoms with Crippen LogP contribution in [-0.4, -0.2) is 28.0 Å². The number of thiophene rings is 1. The van der Waals surface area contributed by atoms with Gasteiger partial charge in [0.2, 0.25) is 0 Å². The van der Waals surface area contributed by atoms with Gasteiger partial charge in [0.25, 0.3) is 5.91 Å². The molecular weight excluding hydrogens is 332 g/mol. The second kappa shape index (κ2) is 7.02. The first-order valence-corrected chi connectivity index (χ1v) is 8.27. The Bertz CT molecular complexity index is 653. The van der Waals surface area contributed by atoms with E-state index >= 15 is 0 Å². The predicted molar refractivity (Wildman–Crippen MR) is 84.2 cm³/mol. The van der Waals surface area contributed by atoms with Crippen molar-refractivity contribution in [3.8, 4) is 9.88 Å². The van der Waals surface area contributed by atoms with E-state index in [0.717, 1.165) is 9.88 Å². The number of halogens is 1.